The molecule has 0 radical (unpaired) electrons. The molecule has 2 aromatic carbocycles. The fourth-order valence-corrected chi connectivity index (χ4v) is 2.08. The van der Waals surface area contributed by atoms with Crippen LogP contribution in [0.5, 0.6) is 0 Å². The lowest BCUT2D eigenvalue weighted by Gasteiger charge is -2.20. The maximum absolute atomic E-state index is 11.9. The summed E-state index contributed by atoms with van der Waals surface area (Å²) in [5.74, 6) is 4.54. The maximum atomic E-state index is 11.9. The van der Waals surface area contributed by atoms with Crippen LogP contribution in [-0.2, 0) is 4.74 Å². The van der Waals surface area contributed by atoms with Gasteiger partial charge in [-0.25, -0.2) is 9.59 Å². The normalized spacial score (nSPS) is 10.4. The Morgan fingerprint density at radius 1 is 1.12 bits per heavy atom. The fraction of sp³-hybridized carbons (Fsp3) is 0.200. The smallest absolute Gasteiger partial charge is 0.412 e. The second kappa shape index (κ2) is 7.62. The zero-order valence-electron chi connectivity index (χ0n) is 14.8. The van der Waals surface area contributed by atoms with Crippen molar-refractivity contribution in [3.8, 4) is 11.8 Å². The van der Waals surface area contributed by atoms with Crippen LogP contribution >= 0.6 is 0 Å². The summed E-state index contributed by atoms with van der Waals surface area (Å²) >= 11 is 0. The molecule has 6 nitrogen and oxygen atoms in total. The van der Waals surface area contributed by atoms with Crippen LogP contribution in [0.25, 0.3) is 0 Å². The summed E-state index contributed by atoms with van der Waals surface area (Å²) in [6, 6.07) is 11.9. The van der Waals surface area contributed by atoms with Gasteiger partial charge in [0.1, 0.15) is 5.60 Å². The number of benzene rings is 2. The van der Waals surface area contributed by atoms with E-state index in [-0.39, 0.29) is 22.5 Å². The number of ether oxygens (including phenoxy) is 1. The number of carboxylic acids is 1. The highest BCUT2D eigenvalue weighted by atomic mass is 16.6. The molecule has 1 amide bonds. The average molecular weight is 352 g/mol. The van der Waals surface area contributed by atoms with Gasteiger partial charge in [0, 0.05) is 11.1 Å². The number of carbonyl (C=O) groups excluding carboxylic acids is 1. The van der Waals surface area contributed by atoms with Crippen molar-refractivity contribution >= 4 is 23.4 Å². The van der Waals surface area contributed by atoms with Crippen LogP contribution < -0.4 is 11.1 Å². The Bertz CT molecular complexity index is 888. The highest BCUT2D eigenvalue weighted by Crippen LogP contribution is 2.24. The molecular weight excluding hydrogens is 332 g/mol. The fourth-order valence-electron chi connectivity index (χ4n) is 2.08. The molecule has 4 N–H and O–H groups in total. The third-order valence-electron chi connectivity index (χ3n) is 3.17. The zero-order valence-corrected chi connectivity index (χ0v) is 14.8. The van der Waals surface area contributed by atoms with Gasteiger partial charge >= 0.3 is 12.1 Å². The van der Waals surface area contributed by atoms with E-state index >= 15 is 0 Å². The van der Waals surface area contributed by atoms with Gasteiger partial charge in [-0.15, -0.1) is 0 Å². The third kappa shape index (κ3) is 5.28. The first-order valence-corrected chi connectivity index (χ1v) is 7.89. The lowest BCUT2D eigenvalue weighted by molar-refractivity contribution is 0.0633. The molecule has 134 valence electrons. The lowest BCUT2D eigenvalue weighted by Crippen LogP contribution is -2.27. The summed E-state index contributed by atoms with van der Waals surface area (Å²) in [6.45, 7) is 5.17. The van der Waals surface area contributed by atoms with Gasteiger partial charge in [-0.1, -0.05) is 30.0 Å². The number of carboxylic acid groups (broad SMARTS) is 1. The predicted molar refractivity (Wildman–Crippen MR) is 100 cm³/mol. The van der Waals surface area contributed by atoms with Crippen LogP contribution in [0.4, 0.5) is 16.2 Å². The minimum absolute atomic E-state index is 0.0614. The number of hydrogen-bond acceptors (Lipinski definition) is 4. The Labute approximate surface area is 152 Å². The molecule has 26 heavy (non-hydrogen) atoms. The first-order valence-electron chi connectivity index (χ1n) is 7.89. The molecule has 0 heterocycles. The molecular formula is C20H20N2O4. The number of rotatable bonds is 2. The van der Waals surface area contributed by atoms with E-state index in [0.717, 1.165) is 5.56 Å². The standard InChI is InChI=1S/C20H20N2O4/c1-20(2,3)26-19(25)22-17-12-15(18(23)24)14(11-16(17)21)10-9-13-7-5-4-6-8-13/h4-8,11-12H,21H2,1-3H3,(H,22,25)(H,23,24). The second-order valence-corrected chi connectivity index (χ2v) is 6.53. The van der Waals surface area contributed by atoms with Gasteiger partial charge in [-0.2, -0.15) is 0 Å². The Kier molecular flexibility index (Phi) is 5.53. The van der Waals surface area contributed by atoms with Crippen molar-refractivity contribution in [1.29, 1.82) is 0 Å². The van der Waals surface area contributed by atoms with E-state index in [1.165, 1.54) is 12.1 Å². The summed E-state index contributed by atoms with van der Waals surface area (Å²) in [4.78, 5) is 23.5. The molecule has 6 heteroatoms. The summed E-state index contributed by atoms with van der Waals surface area (Å²) in [5, 5.41) is 11.9. The van der Waals surface area contributed by atoms with Crippen molar-refractivity contribution in [3.05, 3.63) is 59.2 Å². The molecule has 0 spiro atoms. The number of nitrogens with one attached hydrogen (secondary N) is 1. The monoisotopic (exact) mass is 352 g/mol. The largest absolute Gasteiger partial charge is 0.478 e. The Balaban J connectivity index is 2.35. The van der Waals surface area contributed by atoms with Gasteiger partial charge in [-0.3, -0.25) is 5.32 Å². The summed E-state index contributed by atoms with van der Waals surface area (Å²) in [7, 11) is 0. The summed E-state index contributed by atoms with van der Waals surface area (Å²) < 4.78 is 5.15. The van der Waals surface area contributed by atoms with Gasteiger partial charge in [0.05, 0.1) is 16.9 Å². The molecule has 0 bridgehead atoms. The first-order chi connectivity index (χ1) is 12.2. The van der Waals surface area contributed by atoms with Gasteiger partial charge in [-0.05, 0) is 45.0 Å². The molecule has 2 aromatic rings. The van der Waals surface area contributed by atoms with E-state index in [1.807, 2.05) is 30.3 Å². The second-order valence-electron chi connectivity index (χ2n) is 6.53. The van der Waals surface area contributed by atoms with E-state index in [2.05, 4.69) is 17.2 Å². The molecule has 0 fully saturated rings. The quantitative estimate of drug-likeness (QED) is 0.565. The molecule has 0 unspecified atom stereocenters. The number of amides is 1. The van der Waals surface area contributed by atoms with Crippen molar-refractivity contribution in [2.24, 2.45) is 0 Å². The highest BCUT2D eigenvalue weighted by molar-refractivity contribution is 5.97. The number of nitrogen functional groups attached to an aromatic ring is 1. The highest BCUT2D eigenvalue weighted by Gasteiger charge is 2.19. The molecule has 0 aliphatic heterocycles. The Morgan fingerprint density at radius 3 is 2.35 bits per heavy atom. The van der Waals surface area contributed by atoms with Gasteiger partial charge in [0.2, 0.25) is 0 Å². The zero-order chi connectivity index (χ0) is 19.3. The molecule has 0 aliphatic carbocycles. The number of carbonyl (C=O) groups is 2. The van der Waals surface area contributed by atoms with E-state index in [4.69, 9.17) is 10.5 Å². The van der Waals surface area contributed by atoms with E-state index in [0.29, 0.717) is 0 Å². The van der Waals surface area contributed by atoms with Crippen molar-refractivity contribution in [2.75, 3.05) is 11.1 Å². The van der Waals surface area contributed by atoms with Crippen LogP contribution in [0.2, 0.25) is 0 Å². The number of hydrogen-bond donors (Lipinski definition) is 3. The van der Waals surface area contributed by atoms with Crippen LogP contribution in [0.15, 0.2) is 42.5 Å². The van der Waals surface area contributed by atoms with Crippen molar-refractivity contribution < 1.29 is 19.4 Å². The predicted octanol–water partition coefficient (Wildman–Crippen LogP) is 3.71. The van der Waals surface area contributed by atoms with Crippen molar-refractivity contribution in [1.82, 2.24) is 0 Å². The van der Waals surface area contributed by atoms with Crippen LogP contribution in [0.1, 0.15) is 42.3 Å². The van der Waals surface area contributed by atoms with E-state index < -0.39 is 17.7 Å². The first kappa shape index (κ1) is 18.9. The van der Waals surface area contributed by atoms with Crippen LogP contribution in [0.3, 0.4) is 0 Å². The summed E-state index contributed by atoms with van der Waals surface area (Å²) in [5.41, 5.74) is 6.55. The van der Waals surface area contributed by atoms with Gasteiger partial charge in [0.25, 0.3) is 0 Å². The number of aromatic carboxylic acids is 1. The SMILES string of the molecule is CC(C)(C)OC(=O)Nc1cc(C(=O)O)c(C#Cc2ccccc2)cc1N. The van der Waals surface area contributed by atoms with E-state index in [1.54, 1.807) is 20.8 Å². The molecule has 0 saturated carbocycles. The maximum Gasteiger partial charge on any atom is 0.412 e. The molecule has 0 saturated heterocycles. The minimum atomic E-state index is -1.17. The van der Waals surface area contributed by atoms with Crippen LogP contribution in [-0.4, -0.2) is 22.8 Å². The topological polar surface area (TPSA) is 102 Å². The molecule has 0 aromatic heterocycles. The Morgan fingerprint density at radius 2 is 1.77 bits per heavy atom. The van der Waals surface area contributed by atoms with Crippen LogP contribution in [0, 0.1) is 11.8 Å². The number of anilines is 2. The van der Waals surface area contributed by atoms with Crippen molar-refractivity contribution in [2.45, 2.75) is 26.4 Å². The van der Waals surface area contributed by atoms with Crippen molar-refractivity contribution in [3.63, 3.8) is 0 Å². The van der Waals surface area contributed by atoms with Gasteiger partial charge in [0.15, 0.2) is 0 Å². The molecule has 2 rings (SSSR count). The minimum Gasteiger partial charge on any atom is -0.478 e. The lowest BCUT2D eigenvalue weighted by atomic mass is 10.0. The summed E-state index contributed by atoms with van der Waals surface area (Å²) in [6.07, 6.45) is -0.719. The van der Waals surface area contributed by atoms with E-state index in [9.17, 15) is 14.7 Å². The average Bonchev–Trinajstić information content (AvgIpc) is 2.54. The third-order valence-corrected chi connectivity index (χ3v) is 3.17. The Hall–Kier alpha value is -3.46. The molecule has 0 atom stereocenters. The number of nitrogens with two attached hydrogens (primary N) is 1. The van der Waals surface area contributed by atoms with Gasteiger partial charge < -0.3 is 15.6 Å². The molecule has 0 aliphatic rings.